The number of aliphatic hydroxyl groups is 1. The van der Waals surface area contributed by atoms with Crippen LogP contribution >= 0.6 is 0 Å². The van der Waals surface area contributed by atoms with E-state index in [2.05, 4.69) is 5.32 Å². The fourth-order valence-electron chi connectivity index (χ4n) is 0.893. The Hall–Kier alpha value is -0.370. The van der Waals surface area contributed by atoms with Crippen molar-refractivity contribution < 1.29 is 27.8 Å². The van der Waals surface area contributed by atoms with Crippen LogP contribution in [0.5, 0.6) is 0 Å². The molecule has 7 heteroatoms. The molecule has 0 bridgehead atoms. The van der Waals surface area contributed by atoms with Gasteiger partial charge in [-0.3, -0.25) is 0 Å². The van der Waals surface area contributed by atoms with Crippen molar-refractivity contribution in [3.05, 3.63) is 0 Å². The lowest BCUT2D eigenvalue weighted by Crippen LogP contribution is -2.42. The molecule has 0 saturated carbocycles. The second-order valence-electron chi connectivity index (χ2n) is 3.03. The highest BCUT2D eigenvalue weighted by molar-refractivity contribution is 4.69. The van der Waals surface area contributed by atoms with Crippen molar-refractivity contribution in [1.29, 1.82) is 0 Å². The molecule has 0 amide bonds. The zero-order valence-electron chi connectivity index (χ0n) is 8.67. The summed E-state index contributed by atoms with van der Waals surface area (Å²) in [6.45, 7) is -0.0732. The van der Waals surface area contributed by atoms with E-state index >= 15 is 0 Å². The molecule has 2 unspecified atom stereocenters. The Morgan fingerprint density at radius 2 is 1.87 bits per heavy atom. The quantitative estimate of drug-likeness (QED) is 0.655. The molecule has 0 aromatic rings. The molecule has 0 radical (unpaired) electrons. The average molecular weight is 231 g/mol. The summed E-state index contributed by atoms with van der Waals surface area (Å²) in [5.41, 5.74) is 0. The maximum Gasteiger partial charge on any atom is 0.415 e. The van der Waals surface area contributed by atoms with Gasteiger partial charge in [-0.15, -0.1) is 0 Å². The molecule has 4 nitrogen and oxygen atoms in total. The van der Waals surface area contributed by atoms with E-state index in [1.54, 1.807) is 0 Å². The molecule has 0 aromatic heterocycles. The van der Waals surface area contributed by atoms with Crippen LogP contribution in [0.3, 0.4) is 0 Å². The third-order valence-electron chi connectivity index (χ3n) is 1.77. The second kappa shape index (κ2) is 7.00. The molecule has 0 heterocycles. The third-order valence-corrected chi connectivity index (χ3v) is 1.77. The first kappa shape index (κ1) is 14.6. The number of ether oxygens (including phenoxy) is 2. The van der Waals surface area contributed by atoms with Crippen molar-refractivity contribution in [3.8, 4) is 0 Å². The summed E-state index contributed by atoms with van der Waals surface area (Å²) >= 11 is 0. The van der Waals surface area contributed by atoms with Crippen LogP contribution in [-0.4, -0.2) is 57.4 Å². The number of nitrogens with one attached hydrogen (secondary N) is 1. The third kappa shape index (κ3) is 6.67. The van der Waals surface area contributed by atoms with Crippen LogP contribution in [0, 0.1) is 0 Å². The molecule has 0 aliphatic carbocycles. The molecule has 2 N–H and O–H groups in total. The maximum absolute atomic E-state index is 11.9. The van der Waals surface area contributed by atoms with Crippen molar-refractivity contribution >= 4 is 0 Å². The van der Waals surface area contributed by atoms with Gasteiger partial charge in [-0.05, 0) is 0 Å². The topological polar surface area (TPSA) is 50.7 Å². The molecule has 0 fully saturated rings. The van der Waals surface area contributed by atoms with Gasteiger partial charge in [0, 0.05) is 27.3 Å². The Bertz CT molecular complexity index is 166. The van der Waals surface area contributed by atoms with Crippen LogP contribution in [-0.2, 0) is 9.47 Å². The molecular formula is C8H16F3NO3. The number of hydrogen-bond donors (Lipinski definition) is 2. The van der Waals surface area contributed by atoms with E-state index in [9.17, 15) is 13.2 Å². The van der Waals surface area contributed by atoms with Gasteiger partial charge in [0.1, 0.15) is 0 Å². The van der Waals surface area contributed by atoms with E-state index in [1.807, 2.05) is 0 Å². The van der Waals surface area contributed by atoms with Gasteiger partial charge in [0.15, 0.2) is 6.10 Å². The minimum Gasteiger partial charge on any atom is -0.382 e. The largest absolute Gasteiger partial charge is 0.415 e. The number of alkyl halides is 3. The summed E-state index contributed by atoms with van der Waals surface area (Å²) in [4.78, 5) is 0. The predicted octanol–water partition coefficient (Wildman–Crippen LogP) is 0.161. The van der Waals surface area contributed by atoms with Gasteiger partial charge in [-0.2, -0.15) is 13.2 Å². The zero-order chi connectivity index (χ0) is 11.9. The maximum atomic E-state index is 11.9. The van der Waals surface area contributed by atoms with Crippen molar-refractivity contribution in [3.63, 3.8) is 0 Å². The fourth-order valence-corrected chi connectivity index (χ4v) is 0.893. The first-order chi connectivity index (χ1) is 6.91. The van der Waals surface area contributed by atoms with Crippen molar-refractivity contribution in [2.24, 2.45) is 0 Å². The highest BCUT2D eigenvalue weighted by Gasteiger charge is 2.37. The number of hydrogen-bond acceptors (Lipinski definition) is 4. The SMILES string of the molecule is COCC(CNCC(O)C(F)(F)F)OC. The number of rotatable bonds is 7. The molecule has 0 rings (SSSR count). The summed E-state index contributed by atoms with van der Waals surface area (Å²) in [5, 5.41) is 11.1. The molecule has 92 valence electrons. The lowest BCUT2D eigenvalue weighted by molar-refractivity contribution is -0.202. The smallest absolute Gasteiger partial charge is 0.382 e. The summed E-state index contributed by atoms with van der Waals surface area (Å²) in [6, 6.07) is 0. The zero-order valence-corrected chi connectivity index (χ0v) is 8.67. The van der Waals surface area contributed by atoms with Gasteiger partial charge in [0.05, 0.1) is 12.7 Å². The normalized spacial score (nSPS) is 16.4. The van der Waals surface area contributed by atoms with Crippen LogP contribution in [0.2, 0.25) is 0 Å². The number of methoxy groups -OCH3 is 2. The molecule has 0 aromatic carbocycles. The van der Waals surface area contributed by atoms with E-state index in [4.69, 9.17) is 14.6 Å². The van der Waals surface area contributed by atoms with Crippen LogP contribution in [0.25, 0.3) is 0 Å². The molecule has 0 spiro atoms. The van der Waals surface area contributed by atoms with Gasteiger partial charge in [-0.1, -0.05) is 0 Å². The molecule has 15 heavy (non-hydrogen) atoms. The first-order valence-corrected chi connectivity index (χ1v) is 4.39. The van der Waals surface area contributed by atoms with Gasteiger partial charge in [-0.25, -0.2) is 0 Å². The van der Waals surface area contributed by atoms with Crippen LogP contribution < -0.4 is 5.32 Å². The average Bonchev–Trinajstić information content (AvgIpc) is 2.14. The van der Waals surface area contributed by atoms with Crippen LogP contribution in [0.4, 0.5) is 13.2 Å². The van der Waals surface area contributed by atoms with E-state index in [0.717, 1.165) is 0 Å². The summed E-state index contributed by atoms with van der Waals surface area (Å²) in [6.07, 6.45) is -7.26. The van der Waals surface area contributed by atoms with E-state index in [-0.39, 0.29) is 19.3 Å². The summed E-state index contributed by atoms with van der Waals surface area (Å²) in [7, 11) is 2.90. The Morgan fingerprint density at radius 3 is 2.27 bits per heavy atom. The van der Waals surface area contributed by atoms with Crippen LogP contribution in [0.15, 0.2) is 0 Å². The van der Waals surface area contributed by atoms with Gasteiger partial charge in [0.25, 0.3) is 0 Å². The minimum atomic E-state index is -4.59. The second-order valence-corrected chi connectivity index (χ2v) is 3.03. The molecule has 0 aliphatic rings. The van der Waals surface area contributed by atoms with Crippen molar-refractivity contribution in [2.75, 3.05) is 33.9 Å². The van der Waals surface area contributed by atoms with Crippen molar-refractivity contribution in [1.82, 2.24) is 5.32 Å². The van der Waals surface area contributed by atoms with Gasteiger partial charge >= 0.3 is 6.18 Å². The molecule has 2 atom stereocenters. The Labute approximate surface area is 86.4 Å². The van der Waals surface area contributed by atoms with Gasteiger partial charge < -0.3 is 19.9 Å². The summed E-state index contributed by atoms with van der Waals surface area (Å²) in [5.74, 6) is 0. The monoisotopic (exact) mass is 231 g/mol. The minimum absolute atomic E-state index is 0.192. The predicted molar refractivity (Wildman–Crippen MR) is 47.6 cm³/mol. The van der Waals surface area contributed by atoms with Crippen molar-refractivity contribution in [2.45, 2.75) is 18.4 Å². The first-order valence-electron chi connectivity index (χ1n) is 4.39. The number of halogens is 3. The molecule has 0 saturated heterocycles. The Balaban J connectivity index is 3.68. The van der Waals surface area contributed by atoms with E-state index < -0.39 is 18.8 Å². The van der Waals surface area contributed by atoms with E-state index in [1.165, 1.54) is 14.2 Å². The highest BCUT2D eigenvalue weighted by atomic mass is 19.4. The Kier molecular flexibility index (Phi) is 6.82. The number of aliphatic hydroxyl groups excluding tert-OH is 1. The molecule has 0 aliphatic heterocycles. The lowest BCUT2D eigenvalue weighted by Gasteiger charge is -2.18. The summed E-state index contributed by atoms with van der Waals surface area (Å²) < 4.78 is 45.3. The highest BCUT2D eigenvalue weighted by Crippen LogP contribution is 2.19. The molecular weight excluding hydrogens is 215 g/mol. The lowest BCUT2D eigenvalue weighted by atomic mass is 10.3. The fraction of sp³-hybridized carbons (Fsp3) is 1.00. The Morgan fingerprint density at radius 1 is 1.27 bits per heavy atom. The van der Waals surface area contributed by atoms with Gasteiger partial charge in [0.2, 0.25) is 0 Å². The van der Waals surface area contributed by atoms with Crippen LogP contribution in [0.1, 0.15) is 0 Å². The standard InChI is InChI=1S/C8H16F3NO3/c1-14-5-6(15-2)3-12-4-7(13)8(9,10)11/h6-7,12-13H,3-5H2,1-2H3. The van der Waals surface area contributed by atoms with E-state index in [0.29, 0.717) is 0 Å².